The molecule has 0 bridgehead atoms. The molecule has 2 aromatic rings. The van der Waals surface area contributed by atoms with E-state index in [9.17, 15) is 9.18 Å². The second-order valence-corrected chi connectivity index (χ2v) is 6.65. The Balaban J connectivity index is 1.41. The Hall–Kier alpha value is -2.00. The third-order valence-electron chi connectivity index (χ3n) is 4.90. The molecule has 2 nitrogen and oxygen atoms in total. The van der Waals surface area contributed by atoms with Crippen molar-refractivity contribution in [3.05, 3.63) is 71.5 Å². The van der Waals surface area contributed by atoms with Crippen molar-refractivity contribution >= 4 is 5.78 Å². The molecule has 1 heterocycles. The van der Waals surface area contributed by atoms with Gasteiger partial charge in [-0.25, -0.2) is 4.39 Å². The summed E-state index contributed by atoms with van der Waals surface area (Å²) in [5, 5.41) is 0. The van der Waals surface area contributed by atoms with Crippen LogP contribution < -0.4 is 0 Å². The zero-order valence-electron chi connectivity index (χ0n) is 14.0. The van der Waals surface area contributed by atoms with Crippen molar-refractivity contribution in [2.24, 2.45) is 5.92 Å². The SMILES string of the molecule is O=C(CCN1CCC(Cc2ccccc2)CC1)c1ccc(F)cc1. The van der Waals surface area contributed by atoms with Gasteiger partial charge in [0.15, 0.2) is 5.78 Å². The first-order valence-corrected chi connectivity index (χ1v) is 8.76. The highest BCUT2D eigenvalue weighted by Crippen LogP contribution is 2.22. The van der Waals surface area contributed by atoms with Crippen LogP contribution in [0.15, 0.2) is 54.6 Å². The third kappa shape index (κ3) is 4.75. The average molecular weight is 325 g/mol. The van der Waals surface area contributed by atoms with Gasteiger partial charge < -0.3 is 4.90 Å². The highest BCUT2D eigenvalue weighted by Gasteiger charge is 2.20. The number of ketones is 1. The maximum Gasteiger partial charge on any atom is 0.164 e. The molecule has 0 unspecified atom stereocenters. The van der Waals surface area contributed by atoms with Gasteiger partial charge in [-0.15, -0.1) is 0 Å². The molecule has 0 amide bonds. The summed E-state index contributed by atoms with van der Waals surface area (Å²) >= 11 is 0. The summed E-state index contributed by atoms with van der Waals surface area (Å²) in [6.07, 6.45) is 4.05. The van der Waals surface area contributed by atoms with Crippen LogP contribution in [0.4, 0.5) is 4.39 Å². The molecule has 0 radical (unpaired) electrons. The van der Waals surface area contributed by atoms with Crippen LogP contribution in [0.2, 0.25) is 0 Å². The lowest BCUT2D eigenvalue weighted by atomic mass is 9.90. The first-order valence-electron chi connectivity index (χ1n) is 8.76. The smallest absolute Gasteiger partial charge is 0.164 e. The molecule has 2 aromatic carbocycles. The number of likely N-dealkylation sites (tertiary alicyclic amines) is 1. The highest BCUT2D eigenvalue weighted by molar-refractivity contribution is 5.96. The van der Waals surface area contributed by atoms with Crippen molar-refractivity contribution < 1.29 is 9.18 Å². The van der Waals surface area contributed by atoms with Crippen LogP contribution in [0.5, 0.6) is 0 Å². The molecule has 0 aromatic heterocycles. The minimum Gasteiger partial charge on any atom is -0.303 e. The van der Waals surface area contributed by atoms with Gasteiger partial charge in [-0.1, -0.05) is 30.3 Å². The molecule has 126 valence electrons. The fraction of sp³-hybridized carbons (Fsp3) is 0.381. The number of piperidine rings is 1. The van der Waals surface area contributed by atoms with E-state index in [2.05, 4.69) is 35.2 Å². The average Bonchev–Trinajstić information content (AvgIpc) is 2.62. The van der Waals surface area contributed by atoms with Crippen molar-refractivity contribution in [3.8, 4) is 0 Å². The van der Waals surface area contributed by atoms with E-state index in [-0.39, 0.29) is 11.6 Å². The Morgan fingerprint density at radius 3 is 2.33 bits per heavy atom. The molecule has 3 heteroatoms. The first kappa shape index (κ1) is 16.8. The number of carbonyl (C=O) groups excluding carboxylic acids is 1. The molecular formula is C21H24FNO. The summed E-state index contributed by atoms with van der Waals surface area (Å²) in [5.41, 5.74) is 2.03. The summed E-state index contributed by atoms with van der Waals surface area (Å²) in [4.78, 5) is 14.5. The van der Waals surface area contributed by atoms with Gasteiger partial charge >= 0.3 is 0 Å². The van der Waals surface area contributed by atoms with Gasteiger partial charge in [0.2, 0.25) is 0 Å². The van der Waals surface area contributed by atoms with Crippen LogP contribution in [0, 0.1) is 11.7 Å². The highest BCUT2D eigenvalue weighted by atomic mass is 19.1. The van der Waals surface area contributed by atoms with Crippen LogP contribution in [-0.2, 0) is 6.42 Å². The molecule has 24 heavy (non-hydrogen) atoms. The van der Waals surface area contributed by atoms with Crippen LogP contribution in [0.3, 0.4) is 0 Å². The summed E-state index contributed by atoms with van der Waals surface area (Å²) in [6, 6.07) is 16.5. The van der Waals surface area contributed by atoms with E-state index in [0.29, 0.717) is 12.0 Å². The Morgan fingerprint density at radius 1 is 1.00 bits per heavy atom. The van der Waals surface area contributed by atoms with Crippen LogP contribution in [0.25, 0.3) is 0 Å². The normalized spacial score (nSPS) is 16.2. The molecule has 0 aliphatic carbocycles. The number of benzene rings is 2. The molecule has 1 fully saturated rings. The zero-order chi connectivity index (χ0) is 16.8. The molecule has 0 N–H and O–H groups in total. The topological polar surface area (TPSA) is 20.3 Å². The van der Waals surface area contributed by atoms with Gasteiger partial charge in [0.05, 0.1) is 0 Å². The minimum absolute atomic E-state index is 0.0985. The van der Waals surface area contributed by atoms with E-state index < -0.39 is 0 Å². The molecule has 1 saturated heterocycles. The number of rotatable bonds is 6. The molecule has 1 aliphatic rings. The monoisotopic (exact) mass is 325 g/mol. The Bertz CT molecular complexity index is 645. The standard InChI is InChI=1S/C21H24FNO/c22-20-8-6-19(7-9-20)21(24)12-15-23-13-10-18(11-14-23)16-17-4-2-1-3-5-17/h1-9,18H,10-16H2. The molecular weight excluding hydrogens is 301 g/mol. The molecule has 0 spiro atoms. The zero-order valence-corrected chi connectivity index (χ0v) is 14.0. The van der Waals surface area contributed by atoms with Crippen LogP contribution in [-0.4, -0.2) is 30.3 Å². The van der Waals surface area contributed by atoms with Gasteiger partial charge in [0, 0.05) is 18.5 Å². The van der Waals surface area contributed by atoms with Crippen molar-refractivity contribution in [3.63, 3.8) is 0 Å². The summed E-state index contributed by atoms with van der Waals surface area (Å²) in [6.45, 7) is 2.93. The number of hydrogen-bond acceptors (Lipinski definition) is 2. The van der Waals surface area contributed by atoms with Crippen molar-refractivity contribution in [2.75, 3.05) is 19.6 Å². The van der Waals surface area contributed by atoms with E-state index >= 15 is 0 Å². The fourth-order valence-corrected chi connectivity index (χ4v) is 3.40. The lowest BCUT2D eigenvalue weighted by Gasteiger charge is -2.31. The van der Waals surface area contributed by atoms with Crippen LogP contribution >= 0.6 is 0 Å². The van der Waals surface area contributed by atoms with Gasteiger partial charge in [0.1, 0.15) is 5.82 Å². The summed E-state index contributed by atoms with van der Waals surface area (Å²) in [5.74, 6) is 0.546. The summed E-state index contributed by atoms with van der Waals surface area (Å²) < 4.78 is 12.9. The van der Waals surface area contributed by atoms with Crippen molar-refractivity contribution in [1.29, 1.82) is 0 Å². The number of carbonyl (C=O) groups is 1. The Morgan fingerprint density at radius 2 is 1.67 bits per heavy atom. The predicted octanol–water partition coefficient (Wildman–Crippen LogP) is 4.35. The van der Waals surface area contributed by atoms with Crippen LogP contribution in [0.1, 0.15) is 35.2 Å². The maximum absolute atomic E-state index is 12.9. The van der Waals surface area contributed by atoms with E-state index in [1.54, 1.807) is 12.1 Å². The Kier molecular flexibility index (Phi) is 5.76. The number of Topliss-reactive ketones (excluding diaryl/α,β-unsaturated/α-hetero) is 1. The Labute approximate surface area is 143 Å². The first-order chi connectivity index (χ1) is 11.7. The number of hydrogen-bond donors (Lipinski definition) is 0. The molecule has 0 saturated carbocycles. The maximum atomic E-state index is 12.9. The quantitative estimate of drug-likeness (QED) is 0.736. The second kappa shape index (κ2) is 8.20. The lowest BCUT2D eigenvalue weighted by molar-refractivity contribution is 0.0951. The van der Waals surface area contributed by atoms with Crippen molar-refractivity contribution in [1.82, 2.24) is 4.90 Å². The largest absolute Gasteiger partial charge is 0.303 e. The lowest BCUT2D eigenvalue weighted by Crippen LogP contribution is -2.35. The van der Waals surface area contributed by atoms with E-state index in [4.69, 9.17) is 0 Å². The van der Waals surface area contributed by atoms with E-state index in [1.807, 2.05) is 0 Å². The van der Waals surface area contributed by atoms with E-state index in [0.717, 1.165) is 32.0 Å². The molecule has 0 atom stereocenters. The second-order valence-electron chi connectivity index (χ2n) is 6.65. The number of nitrogens with zero attached hydrogens (tertiary/aromatic N) is 1. The van der Waals surface area contributed by atoms with Gasteiger partial charge in [0.25, 0.3) is 0 Å². The third-order valence-corrected chi connectivity index (χ3v) is 4.90. The van der Waals surface area contributed by atoms with Gasteiger partial charge in [-0.2, -0.15) is 0 Å². The van der Waals surface area contributed by atoms with Crippen molar-refractivity contribution in [2.45, 2.75) is 25.7 Å². The minimum atomic E-state index is -0.299. The van der Waals surface area contributed by atoms with Gasteiger partial charge in [-0.05, 0) is 68.1 Å². The fourth-order valence-electron chi connectivity index (χ4n) is 3.40. The van der Waals surface area contributed by atoms with Gasteiger partial charge in [-0.3, -0.25) is 4.79 Å². The molecule has 3 rings (SSSR count). The summed E-state index contributed by atoms with van der Waals surface area (Å²) in [7, 11) is 0. The number of halogens is 1. The van der Waals surface area contributed by atoms with E-state index in [1.165, 1.54) is 30.5 Å². The predicted molar refractivity (Wildman–Crippen MR) is 94.7 cm³/mol. The molecule has 1 aliphatic heterocycles.